The van der Waals surface area contributed by atoms with Crippen molar-refractivity contribution in [1.29, 1.82) is 0 Å². The van der Waals surface area contributed by atoms with Gasteiger partial charge in [0.25, 0.3) is 0 Å². The van der Waals surface area contributed by atoms with Crippen LogP contribution in [0.2, 0.25) is 0 Å². The number of pyridine rings is 1. The number of hydrogen-bond donors (Lipinski definition) is 2. The number of urea groups is 1. The molecule has 0 saturated carbocycles. The number of nitrogens with one attached hydrogen (secondary N) is 2. The van der Waals surface area contributed by atoms with E-state index in [-0.39, 0.29) is 12.3 Å². The van der Waals surface area contributed by atoms with Crippen LogP contribution in [0, 0.1) is 6.92 Å². The summed E-state index contributed by atoms with van der Waals surface area (Å²) in [7, 11) is 0. The first-order valence-electron chi connectivity index (χ1n) is 7.09. The highest BCUT2D eigenvalue weighted by molar-refractivity contribution is 5.90. The Kier molecular flexibility index (Phi) is 5.62. The van der Waals surface area contributed by atoms with Gasteiger partial charge in [-0.25, -0.2) is 4.79 Å². The van der Waals surface area contributed by atoms with Gasteiger partial charge in [-0.2, -0.15) is 13.2 Å². The summed E-state index contributed by atoms with van der Waals surface area (Å²) >= 11 is 0. The molecule has 128 valence electrons. The van der Waals surface area contributed by atoms with Gasteiger partial charge in [-0.05, 0) is 31.2 Å². The van der Waals surface area contributed by atoms with E-state index in [9.17, 15) is 18.0 Å². The zero-order valence-corrected chi connectivity index (χ0v) is 12.9. The number of aromatic nitrogens is 1. The molecule has 1 aromatic heterocycles. The van der Waals surface area contributed by atoms with Crippen LogP contribution in [0.3, 0.4) is 0 Å². The lowest BCUT2D eigenvalue weighted by Gasteiger charge is -2.15. The number of halogens is 3. The number of alkyl halides is 3. The van der Waals surface area contributed by atoms with Crippen LogP contribution in [-0.2, 0) is 6.54 Å². The number of amides is 2. The predicted octanol–water partition coefficient (Wildman–Crippen LogP) is 3.65. The first-order valence-corrected chi connectivity index (χ1v) is 7.09. The molecule has 2 aromatic rings. The molecular formula is C16H16F3N3O2. The Morgan fingerprint density at radius 3 is 2.67 bits per heavy atom. The van der Waals surface area contributed by atoms with E-state index in [1.807, 2.05) is 0 Å². The average Bonchev–Trinajstić information content (AvgIpc) is 2.54. The number of benzene rings is 1. The molecule has 2 rings (SSSR count). The van der Waals surface area contributed by atoms with Crippen LogP contribution in [0.4, 0.5) is 23.7 Å². The van der Waals surface area contributed by atoms with Crippen LogP contribution >= 0.6 is 0 Å². The molecular weight excluding hydrogens is 323 g/mol. The lowest BCUT2D eigenvalue weighted by molar-refractivity contribution is -0.153. The predicted molar refractivity (Wildman–Crippen MR) is 82.8 cm³/mol. The van der Waals surface area contributed by atoms with Gasteiger partial charge in [0.15, 0.2) is 6.61 Å². The van der Waals surface area contributed by atoms with Crippen molar-refractivity contribution in [2.45, 2.75) is 19.6 Å². The number of anilines is 1. The normalized spacial score (nSPS) is 11.0. The minimum atomic E-state index is -4.42. The van der Waals surface area contributed by atoms with Gasteiger partial charge in [0.1, 0.15) is 5.75 Å². The van der Waals surface area contributed by atoms with Crippen molar-refractivity contribution in [3.8, 4) is 5.75 Å². The molecule has 0 bridgehead atoms. The smallest absolute Gasteiger partial charge is 0.422 e. The molecule has 0 aliphatic carbocycles. The van der Waals surface area contributed by atoms with Crippen molar-refractivity contribution in [3.63, 3.8) is 0 Å². The van der Waals surface area contributed by atoms with Gasteiger partial charge in [-0.1, -0.05) is 12.1 Å². The lowest BCUT2D eigenvalue weighted by Crippen LogP contribution is -2.28. The number of nitrogens with zero attached hydrogens (tertiary/aromatic N) is 1. The summed E-state index contributed by atoms with van der Waals surface area (Å²) in [6, 6.07) is 9.34. The molecule has 0 unspecified atom stereocenters. The second kappa shape index (κ2) is 7.67. The highest BCUT2D eigenvalue weighted by Gasteiger charge is 2.28. The van der Waals surface area contributed by atoms with Gasteiger partial charge in [0.05, 0.1) is 12.2 Å². The molecule has 0 fully saturated rings. The van der Waals surface area contributed by atoms with Crippen molar-refractivity contribution in [1.82, 2.24) is 10.3 Å². The van der Waals surface area contributed by atoms with Gasteiger partial charge in [0.2, 0.25) is 0 Å². The Balaban J connectivity index is 1.95. The fourth-order valence-electron chi connectivity index (χ4n) is 1.91. The third-order valence-electron chi connectivity index (χ3n) is 3.08. The Hall–Kier alpha value is -2.77. The maximum absolute atomic E-state index is 12.2. The Bertz CT molecular complexity index is 691. The molecule has 1 aromatic carbocycles. The van der Waals surface area contributed by atoms with Crippen molar-refractivity contribution in [2.75, 3.05) is 11.9 Å². The summed E-state index contributed by atoms with van der Waals surface area (Å²) in [5.41, 5.74) is 1.47. The molecule has 24 heavy (non-hydrogen) atoms. The zero-order valence-electron chi connectivity index (χ0n) is 12.9. The maximum Gasteiger partial charge on any atom is 0.422 e. The first kappa shape index (κ1) is 17.6. The van der Waals surface area contributed by atoms with Gasteiger partial charge in [-0.3, -0.25) is 4.98 Å². The summed E-state index contributed by atoms with van der Waals surface area (Å²) in [5.74, 6) is 0.0647. The maximum atomic E-state index is 12.2. The third kappa shape index (κ3) is 5.45. The Labute approximate surface area is 136 Å². The first-order chi connectivity index (χ1) is 11.3. The average molecular weight is 339 g/mol. The van der Waals surface area contributed by atoms with Crippen LogP contribution in [0.25, 0.3) is 0 Å². The summed E-state index contributed by atoms with van der Waals surface area (Å²) in [4.78, 5) is 16.0. The van der Waals surface area contributed by atoms with E-state index >= 15 is 0 Å². The summed E-state index contributed by atoms with van der Waals surface area (Å²) in [6.07, 6.45) is -2.81. The van der Waals surface area contributed by atoms with E-state index in [1.165, 1.54) is 12.1 Å². The topological polar surface area (TPSA) is 63.2 Å². The minimum Gasteiger partial charge on any atom is -0.484 e. The zero-order chi connectivity index (χ0) is 17.6. The molecule has 2 amide bonds. The van der Waals surface area contributed by atoms with E-state index in [0.29, 0.717) is 16.9 Å². The van der Waals surface area contributed by atoms with Crippen LogP contribution in [0.15, 0.2) is 42.6 Å². The number of ether oxygens (including phenoxy) is 1. The van der Waals surface area contributed by atoms with Crippen LogP contribution < -0.4 is 15.4 Å². The van der Waals surface area contributed by atoms with Crippen LogP contribution in [0.5, 0.6) is 5.75 Å². The van der Waals surface area contributed by atoms with Gasteiger partial charge >= 0.3 is 12.2 Å². The summed E-state index contributed by atoms with van der Waals surface area (Å²) in [5, 5.41) is 5.20. The molecule has 0 aliphatic heterocycles. The molecule has 1 heterocycles. The second-order valence-electron chi connectivity index (χ2n) is 4.96. The highest BCUT2D eigenvalue weighted by Crippen LogP contribution is 2.27. The fraction of sp³-hybridized carbons (Fsp3) is 0.250. The number of rotatable bonds is 5. The van der Waals surface area contributed by atoms with Crippen LogP contribution in [0.1, 0.15) is 11.3 Å². The molecule has 0 spiro atoms. The number of carbonyl (C=O) groups is 1. The SMILES string of the molecule is Cc1c(NC(=O)NCc2ccccn2)cccc1OCC(F)(F)F. The van der Waals surface area contributed by atoms with Crippen molar-refractivity contribution < 1.29 is 22.7 Å². The fourth-order valence-corrected chi connectivity index (χ4v) is 1.91. The van der Waals surface area contributed by atoms with Gasteiger partial charge in [-0.15, -0.1) is 0 Å². The molecule has 0 atom stereocenters. The molecule has 0 aliphatic rings. The van der Waals surface area contributed by atoms with Crippen LogP contribution in [-0.4, -0.2) is 23.8 Å². The Morgan fingerprint density at radius 1 is 1.21 bits per heavy atom. The lowest BCUT2D eigenvalue weighted by atomic mass is 10.2. The van der Waals surface area contributed by atoms with Crippen molar-refractivity contribution in [2.24, 2.45) is 0 Å². The number of hydrogen-bond acceptors (Lipinski definition) is 3. The van der Waals surface area contributed by atoms with Gasteiger partial charge in [0, 0.05) is 17.4 Å². The molecule has 5 nitrogen and oxygen atoms in total. The molecule has 0 saturated heterocycles. The van der Waals surface area contributed by atoms with Crippen molar-refractivity contribution in [3.05, 3.63) is 53.9 Å². The van der Waals surface area contributed by atoms with E-state index in [1.54, 1.807) is 37.4 Å². The van der Waals surface area contributed by atoms with E-state index in [0.717, 1.165) is 0 Å². The standard InChI is InChI=1S/C16H16F3N3O2/c1-11-13(6-4-7-14(11)24-10-16(17,18)19)22-15(23)21-9-12-5-2-3-8-20-12/h2-8H,9-10H2,1H3,(H2,21,22,23). The molecule has 2 N–H and O–H groups in total. The van der Waals surface area contributed by atoms with Gasteiger partial charge < -0.3 is 15.4 Å². The molecule has 0 radical (unpaired) electrons. The summed E-state index contributed by atoms with van der Waals surface area (Å²) < 4.78 is 41.4. The molecule has 8 heteroatoms. The van der Waals surface area contributed by atoms with E-state index in [4.69, 9.17) is 4.74 Å². The quantitative estimate of drug-likeness (QED) is 0.874. The largest absolute Gasteiger partial charge is 0.484 e. The summed E-state index contributed by atoms with van der Waals surface area (Å²) in [6.45, 7) is 0.416. The van der Waals surface area contributed by atoms with Crippen molar-refractivity contribution >= 4 is 11.7 Å². The van der Waals surface area contributed by atoms with E-state index < -0.39 is 18.8 Å². The Morgan fingerprint density at radius 2 is 2.00 bits per heavy atom. The highest BCUT2D eigenvalue weighted by atomic mass is 19.4. The number of carbonyl (C=O) groups excluding carboxylic acids is 1. The monoisotopic (exact) mass is 339 g/mol. The van der Waals surface area contributed by atoms with E-state index in [2.05, 4.69) is 15.6 Å². The third-order valence-corrected chi connectivity index (χ3v) is 3.08. The minimum absolute atomic E-state index is 0.0647. The second-order valence-corrected chi connectivity index (χ2v) is 4.96.